The second-order valence-electron chi connectivity index (χ2n) is 4.48. The second kappa shape index (κ2) is 6.38. The molecule has 0 aliphatic carbocycles. The number of urea groups is 1. The summed E-state index contributed by atoms with van der Waals surface area (Å²) >= 11 is 4.94. The van der Waals surface area contributed by atoms with Gasteiger partial charge in [0.25, 0.3) is 0 Å². The van der Waals surface area contributed by atoms with Gasteiger partial charge in [0.05, 0.1) is 13.0 Å². The van der Waals surface area contributed by atoms with E-state index in [-0.39, 0.29) is 18.5 Å². The van der Waals surface area contributed by atoms with Crippen LogP contribution in [0.5, 0.6) is 0 Å². The average molecular weight is 347 g/mol. The highest BCUT2D eigenvalue weighted by Gasteiger charge is 2.30. The molecule has 1 fully saturated rings. The second-order valence-corrected chi connectivity index (χ2v) is 6.39. The number of carbonyl (C=O) groups excluding carboxylic acids is 1. The summed E-state index contributed by atoms with van der Waals surface area (Å²) in [5, 5.41) is 13.6. The van der Waals surface area contributed by atoms with Crippen molar-refractivity contribution in [3.8, 4) is 0 Å². The average Bonchev–Trinajstić information content (AvgIpc) is 2.94. The quantitative estimate of drug-likeness (QED) is 0.880. The summed E-state index contributed by atoms with van der Waals surface area (Å²) in [5.41, 5.74) is 0. The zero-order valence-electron chi connectivity index (χ0n) is 10.3. The molecular weight excluding hydrogens is 332 g/mol. The van der Waals surface area contributed by atoms with Gasteiger partial charge in [-0.25, -0.2) is 4.79 Å². The first-order valence-corrected chi connectivity index (χ1v) is 7.72. The first kappa shape index (κ1) is 14.3. The third-order valence-corrected chi connectivity index (χ3v) is 4.78. The molecule has 1 aromatic heterocycles. The largest absolute Gasteiger partial charge is 0.481 e. The molecule has 1 saturated heterocycles. The highest BCUT2D eigenvalue weighted by molar-refractivity contribution is 9.10. The van der Waals surface area contributed by atoms with Gasteiger partial charge in [-0.05, 0) is 34.8 Å². The predicted molar refractivity (Wildman–Crippen MR) is 76.2 cm³/mol. The van der Waals surface area contributed by atoms with Crippen molar-refractivity contribution in [1.82, 2.24) is 10.2 Å². The van der Waals surface area contributed by atoms with E-state index in [9.17, 15) is 9.59 Å². The zero-order valence-corrected chi connectivity index (χ0v) is 12.7. The number of carboxylic acid groups (broad SMARTS) is 1. The van der Waals surface area contributed by atoms with E-state index < -0.39 is 5.97 Å². The number of carboxylic acids is 1. The lowest BCUT2D eigenvalue weighted by atomic mass is 10.1. The number of rotatable bonds is 4. The zero-order chi connectivity index (χ0) is 13.8. The monoisotopic (exact) mass is 346 g/mol. The molecule has 0 spiro atoms. The van der Waals surface area contributed by atoms with E-state index >= 15 is 0 Å². The van der Waals surface area contributed by atoms with Crippen LogP contribution < -0.4 is 5.32 Å². The van der Waals surface area contributed by atoms with Gasteiger partial charge >= 0.3 is 12.0 Å². The van der Waals surface area contributed by atoms with E-state index in [0.717, 1.165) is 22.2 Å². The van der Waals surface area contributed by atoms with Crippen LogP contribution in [0.3, 0.4) is 0 Å². The predicted octanol–water partition coefficient (Wildman–Crippen LogP) is 2.66. The van der Waals surface area contributed by atoms with Crippen molar-refractivity contribution < 1.29 is 14.7 Å². The summed E-state index contributed by atoms with van der Waals surface area (Å²) in [7, 11) is 0. The van der Waals surface area contributed by atoms with Crippen molar-refractivity contribution in [2.45, 2.75) is 31.8 Å². The topological polar surface area (TPSA) is 69.6 Å². The molecule has 1 atom stereocenters. The maximum Gasteiger partial charge on any atom is 0.317 e. The van der Waals surface area contributed by atoms with Crippen LogP contribution in [0.15, 0.2) is 15.9 Å². The minimum Gasteiger partial charge on any atom is -0.481 e. The minimum absolute atomic E-state index is 0.0258. The Morgan fingerprint density at radius 3 is 3.00 bits per heavy atom. The molecule has 2 amide bonds. The van der Waals surface area contributed by atoms with Crippen molar-refractivity contribution in [2.24, 2.45) is 0 Å². The molecule has 0 radical (unpaired) electrons. The molecule has 0 saturated carbocycles. The Labute approximate surface area is 123 Å². The van der Waals surface area contributed by atoms with Crippen LogP contribution in [-0.2, 0) is 11.3 Å². The molecule has 7 heteroatoms. The Morgan fingerprint density at radius 2 is 2.37 bits per heavy atom. The van der Waals surface area contributed by atoms with Crippen molar-refractivity contribution in [3.05, 3.63) is 20.8 Å². The molecule has 0 aromatic carbocycles. The van der Waals surface area contributed by atoms with Gasteiger partial charge in [-0.1, -0.05) is 0 Å². The van der Waals surface area contributed by atoms with Gasteiger partial charge in [0, 0.05) is 27.3 Å². The van der Waals surface area contributed by atoms with Gasteiger partial charge in [0.1, 0.15) is 0 Å². The lowest BCUT2D eigenvalue weighted by molar-refractivity contribution is -0.137. The summed E-state index contributed by atoms with van der Waals surface area (Å²) in [6.07, 6.45) is 1.66. The summed E-state index contributed by atoms with van der Waals surface area (Å²) < 4.78 is 1.01. The molecule has 5 nitrogen and oxygen atoms in total. The van der Waals surface area contributed by atoms with E-state index in [2.05, 4.69) is 21.2 Å². The van der Waals surface area contributed by atoms with Crippen molar-refractivity contribution in [2.75, 3.05) is 6.54 Å². The summed E-state index contributed by atoms with van der Waals surface area (Å²) in [4.78, 5) is 25.5. The van der Waals surface area contributed by atoms with Crippen molar-refractivity contribution in [3.63, 3.8) is 0 Å². The van der Waals surface area contributed by atoms with Crippen LogP contribution in [0.25, 0.3) is 0 Å². The van der Waals surface area contributed by atoms with Crippen molar-refractivity contribution >= 4 is 39.3 Å². The van der Waals surface area contributed by atoms with E-state index in [1.165, 1.54) is 0 Å². The number of amides is 2. The van der Waals surface area contributed by atoms with Crippen LogP contribution >= 0.6 is 27.3 Å². The lowest BCUT2D eigenvalue weighted by Gasteiger charge is -2.23. The van der Waals surface area contributed by atoms with Crippen LogP contribution in [0.1, 0.15) is 24.1 Å². The number of nitrogens with one attached hydrogen (secondary N) is 1. The molecule has 0 bridgehead atoms. The maximum atomic E-state index is 12.0. The minimum atomic E-state index is -0.855. The molecule has 2 heterocycles. The fourth-order valence-electron chi connectivity index (χ4n) is 2.23. The number of halogens is 1. The molecular formula is C12H15BrN2O3S. The standard InChI is InChI=1S/C12H15BrN2O3S/c13-8-4-10(19-7-8)6-14-12(18)15-3-1-2-9(15)5-11(16)17/h4,7,9H,1-3,5-6H2,(H,14,18)(H,16,17). The van der Waals surface area contributed by atoms with Gasteiger partial charge in [-0.2, -0.15) is 0 Å². The maximum absolute atomic E-state index is 12.0. The molecule has 1 unspecified atom stereocenters. The Bertz CT molecular complexity index is 477. The van der Waals surface area contributed by atoms with Gasteiger partial charge in [-0.3, -0.25) is 4.79 Å². The fourth-order valence-corrected chi connectivity index (χ4v) is 3.62. The highest BCUT2D eigenvalue weighted by atomic mass is 79.9. The molecule has 2 N–H and O–H groups in total. The third-order valence-electron chi connectivity index (χ3n) is 3.08. The Morgan fingerprint density at radius 1 is 1.58 bits per heavy atom. The van der Waals surface area contributed by atoms with Gasteiger partial charge in [0.2, 0.25) is 0 Å². The van der Waals surface area contributed by atoms with E-state index in [1.807, 2.05) is 11.4 Å². The third kappa shape index (κ3) is 3.94. The van der Waals surface area contributed by atoms with Gasteiger partial charge in [0.15, 0.2) is 0 Å². The number of carbonyl (C=O) groups is 2. The van der Waals surface area contributed by atoms with E-state index in [4.69, 9.17) is 5.11 Å². The van der Waals surface area contributed by atoms with Crippen molar-refractivity contribution in [1.29, 1.82) is 0 Å². The number of aliphatic carboxylic acids is 1. The SMILES string of the molecule is O=C(O)CC1CCCN1C(=O)NCc1cc(Br)cs1. The summed E-state index contributed by atoms with van der Waals surface area (Å²) in [6.45, 7) is 1.11. The van der Waals surface area contributed by atoms with E-state index in [0.29, 0.717) is 13.1 Å². The van der Waals surface area contributed by atoms with Crippen LogP contribution in [-0.4, -0.2) is 34.6 Å². The first-order valence-electron chi connectivity index (χ1n) is 6.05. The fraction of sp³-hybridized carbons (Fsp3) is 0.500. The number of hydrogen-bond acceptors (Lipinski definition) is 3. The highest BCUT2D eigenvalue weighted by Crippen LogP contribution is 2.21. The molecule has 1 aliphatic rings. The molecule has 104 valence electrons. The summed E-state index contributed by atoms with van der Waals surface area (Å²) in [6, 6.07) is 1.62. The van der Waals surface area contributed by atoms with Gasteiger partial charge < -0.3 is 15.3 Å². The number of nitrogens with zero attached hydrogens (tertiary/aromatic N) is 1. The molecule has 2 rings (SSSR count). The van der Waals surface area contributed by atoms with E-state index in [1.54, 1.807) is 16.2 Å². The molecule has 1 aromatic rings. The summed E-state index contributed by atoms with van der Waals surface area (Å²) in [5.74, 6) is -0.855. The molecule has 19 heavy (non-hydrogen) atoms. The van der Waals surface area contributed by atoms with Crippen LogP contribution in [0, 0.1) is 0 Å². The smallest absolute Gasteiger partial charge is 0.317 e. The number of hydrogen-bond donors (Lipinski definition) is 2. The number of likely N-dealkylation sites (tertiary alicyclic amines) is 1. The Balaban J connectivity index is 1.86. The molecule has 1 aliphatic heterocycles. The Hall–Kier alpha value is -1.08. The van der Waals surface area contributed by atoms with Crippen LogP contribution in [0.2, 0.25) is 0 Å². The number of thiophene rings is 1. The first-order chi connectivity index (χ1) is 9.06. The lowest BCUT2D eigenvalue weighted by Crippen LogP contribution is -2.43. The Kier molecular flexibility index (Phi) is 4.81. The van der Waals surface area contributed by atoms with Gasteiger partial charge in [-0.15, -0.1) is 11.3 Å². The van der Waals surface area contributed by atoms with Crippen LogP contribution in [0.4, 0.5) is 4.79 Å². The normalized spacial score (nSPS) is 18.6.